The minimum atomic E-state index is 0.648. The molecule has 0 N–H and O–H groups in total. The predicted molar refractivity (Wildman–Crippen MR) is 86.0 cm³/mol. The summed E-state index contributed by atoms with van der Waals surface area (Å²) in [4.78, 5) is 9.33. The van der Waals surface area contributed by atoms with Crippen molar-refractivity contribution in [1.29, 1.82) is 0 Å². The molecule has 0 saturated carbocycles. The molecule has 2 aliphatic heterocycles. The first kappa shape index (κ1) is 15.1. The maximum Gasteiger partial charge on any atom is 0.147 e. The molecule has 1 aromatic rings. The molecule has 0 amide bonds. The highest BCUT2D eigenvalue weighted by Gasteiger charge is 2.29. The number of hydrogen-bond donors (Lipinski definition) is 0. The van der Waals surface area contributed by atoms with Gasteiger partial charge in [-0.2, -0.15) is 0 Å². The van der Waals surface area contributed by atoms with E-state index >= 15 is 0 Å². The van der Waals surface area contributed by atoms with Crippen molar-refractivity contribution in [3.63, 3.8) is 0 Å². The lowest BCUT2D eigenvalue weighted by atomic mass is 9.89. The molecule has 0 aliphatic carbocycles. The Hall–Kier alpha value is -0.840. The predicted octanol–water partition coefficient (Wildman–Crippen LogP) is 2.67. The maximum absolute atomic E-state index is 6.25. The van der Waals surface area contributed by atoms with Crippen LogP contribution in [0.3, 0.4) is 0 Å². The lowest BCUT2D eigenvalue weighted by molar-refractivity contribution is 0.00448. The highest BCUT2D eigenvalue weighted by Crippen LogP contribution is 2.30. The Morgan fingerprint density at radius 2 is 1.95 bits per heavy atom. The molecule has 3 heterocycles. The molecule has 116 valence electrons. The summed E-state index contributed by atoms with van der Waals surface area (Å²) in [5.74, 6) is 1.71. The Morgan fingerprint density at radius 1 is 1.24 bits per heavy atom. The van der Waals surface area contributed by atoms with Gasteiger partial charge >= 0.3 is 0 Å². The molecule has 1 atom stereocenters. The largest absolute Gasteiger partial charge is 0.379 e. The standard InChI is InChI=1S/C16H24ClN3O/c1-13(19-9-11-21-12-10-19)14-4-7-20(8-5-14)16-15(17)3-2-6-18-16/h2-3,6,13-14H,4-5,7-12H2,1H3/t13-/m0/s1. The third-order valence-electron chi connectivity index (χ3n) is 4.88. The first-order chi connectivity index (χ1) is 10.3. The fourth-order valence-electron chi connectivity index (χ4n) is 3.49. The lowest BCUT2D eigenvalue weighted by Crippen LogP contribution is -2.48. The molecule has 0 spiro atoms. The quantitative estimate of drug-likeness (QED) is 0.858. The van der Waals surface area contributed by atoms with Gasteiger partial charge in [0, 0.05) is 38.4 Å². The average molecular weight is 310 g/mol. The van der Waals surface area contributed by atoms with Crippen molar-refractivity contribution in [2.75, 3.05) is 44.3 Å². The second-order valence-corrected chi connectivity index (χ2v) is 6.43. The van der Waals surface area contributed by atoms with E-state index in [1.54, 1.807) is 0 Å². The van der Waals surface area contributed by atoms with Crippen molar-refractivity contribution < 1.29 is 4.74 Å². The number of rotatable bonds is 3. The Bertz CT molecular complexity index is 457. The highest BCUT2D eigenvalue weighted by atomic mass is 35.5. The normalized spacial score (nSPS) is 23.2. The Kier molecular flexibility index (Phi) is 4.99. The average Bonchev–Trinajstić information content (AvgIpc) is 2.56. The van der Waals surface area contributed by atoms with Gasteiger partial charge in [-0.3, -0.25) is 4.90 Å². The third-order valence-corrected chi connectivity index (χ3v) is 5.18. The van der Waals surface area contributed by atoms with Crippen LogP contribution < -0.4 is 4.90 Å². The molecule has 0 aromatic carbocycles. The molecule has 5 heteroatoms. The van der Waals surface area contributed by atoms with E-state index in [1.165, 1.54) is 12.8 Å². The third kappa shape index (κ3) is 3.50. The summed E-state index contributed by atoms with van der Waals surface area (Å²) in [6.07, 6.45) is 4.25. The van der Waals surface area contributed by atoms with Crippen LogP contribution >= 0.6 is 11.6 Å². The summed E-state index contributed by atoms with van der Waals surface area (Å²) < 4.78 is 5.45. The van der Waals surface area contributed by atoms with Gasteiger partial charge in [0.05, 0.1) is 18.2 Å². The zero-order valence-electron chi connectivity index (χ0n) is 12.7. The first-order valence-electron chi connectivity index (χ1n) is 7.93. The summed E-state index contributed by atoms with van der Waals surface area (Å²) >= 11 is 6.25. The molecule has 2 saturated heterocycles. The number of morpholine rings is 1. The van der Waals surface area contributed by atoms with Gasteiger partial charge in [-0.25, -0.2) is 4.98 Å². The van der Waals surface area contributed by atoms with Crippen LogP contribution in [0, 0.1) is 5.92 Å². The van der Waals surface area contributed by atoms with Crippen LogP contribution in [-0.4, -0.2) is 55.3 Å². The van der Waals surface area contributed by atoms with Crippen LogP contribution in [0.1, 0.15) is 19.8 Å². The van der Waals surface area contributed by atoms with Gasteiger partial charge in [-0.15, -0.1) is 0 Å². The topological polar surface area (TPSA) is 28.6 Å². The van der Waals surface area contributed by atoms with Gasteiger partial charge < -0.3 is 9.64 Å². The fourth-order valence-corrected chi connectivity index (χ4v) is 3.73. The van der Waals surface area contributed by atoms with Crippen LogP contribution in [0.4, 0.5) is 5.82 Å². The molecular formula is C16H24ClN3O. The molecule has 4 nitrogen and oxygen atoms in total. The summed E-state index contributed by atoms with van der Waals surface area (Å²) in [5, 5.41) is 0.761. The van der Waals surface area contributed by atoms with Crippen molar-refractivity contribution in [3.05, 3.63) is 23.4 Å². The van der Waals surface area contributed by atoms with Crippen LogP contribution in [0.5, 0.6) is 0 Å². The maximum atomic E-state index is 6.25. The van der Waals surface area contributed by atoms with E-state index in [1.807, 2.05) is 18.3 Å². The van der Waals surface area contributed by atoms with Gasteiger partial charge in [0.1, 0.15) is 5.82 Å². The number of aromatic nitrogens is 1. The van der Waals surface area contributed by atoms with Crippen LogP contribution in [0.15, 0.2) is 18.3 Å². The summed E-state index contributed by atoms with van der Waals surface area (Å²) in [7, 11) is 0. The number of piperidine rings is 1. The van der Waals surface area contributed by atoms with E-state index in [0.717, 1.165) is 56.2 Å². The van der Waals surface area contributed by atoms with Crippen molar-refractivity contribution in [3.8, 4) is 0 Å². The number of anilines is 1. The Morgan fingerprint density at radius 3 is 2.62 bits per heavy atom. The first-order valence-corrected chi connectivity index (χ1v) is 8.31. The van der Waals surface area contributed by atoms with Gasteiger partial charge in [-0.05, 0) is 37.8 Å². The SMILES string of the molecule is C[C@@H](C1CCN(c2ncccc2Cl)CC1)N1CCOCC1. The molecule has 0 radical (unpaired) electrons. The summed E-state index contributed by atoms with van der Waals surface area (Å²) in [6, 6.07) is 4.46. The molecule has 0 unspecified atom stereocenters. The fraction of sp³-hybridized carbons (Fsp3) is 0.688. The van der Waals surface area contributed by atoms with Gasteiger partial charge in [0.2, 0.25) is 0 Å². The molecule has 1 aromatic heterocycles. The molecule has 3 rings (SSSR count). The number of halogens is 1. The van der Waals surface area contributed by atoms with E-state index in [2.05, 4.69) is 21.7 Å². The van der Waals surface area contributed by atoms with E-state index < -0.39 is 0 Å². The van der Waals surface area contributed by atoms with Crippen LogP contribution in [-0.2, 0) is 4.74 Å². The number of hydrogen-bond acceptors (Lipinski definition) is 4. The zero-order chi connectivity index (χ0) is 14.7. The van der Waals surface area contributed by atoms with Crippen molar-refractivity contribution in [2.24, 2.45) is 5.92 Å². The highest BCUT2D eigenvalue weighted by molar-refractivity contribution is 6.32. The molecule has 21 heavy (non-hydrogen) atoms. The molecule has 2 aliphatic rings. The molecule has 2 fully saturated rings. The van der Waals surface area contributed by atoms with Crippen LogP contribution in [0.2, 0.25) is 5.02 Å². The monoisotopic (exact) mass is 309 g/mol. The van der Waals surface area contributed by atoms with Gasteiger partial charge in [-0.1, -0.05) is 11.6 Å². The number of ether oxygens (including phenoxy) is 1. The lowest BCUT2D eigenvalue weighted by Gasteiger charge is -2.41. The number of nitrogens with zero attached hydrogens (tertiary/aromatic N) is 3. The van der Waals surface area contributed by atoms with E-state index in [0.29, 0.717) is 6.04 Å². The van der Waals surface area contributed by atoms with E-state index in [4.69, 9.17) is 16.3 Å². The minimum absolute atomic E-state index is 0.648. The second kappa shape index (κ2) is 6.95. The summed E-state index contributed by atoms with van der Waals surface area (Å²) in [5.41, 5.74) is 0. The number of pyridine rings is 1. The van der Waals surface area contributed by atoms with Crippen molar-refractivity contribution in [1.82, 2.24) is 9.88 Å². The van der Waals surface area contributed by atoms with Crippen LogP contribution in [0.25, 0.3) is 0 Å². The van der Waals surface area contributed by atoms with E-state index in [-0.39, 0.29) is 0 Å². The summed E-state index contributed by atoms with van der Waals surface area (Å²) in [6.45, 7) is 8.39. The van der Waals surface area contributed by atoms with Crippen molar-refractivity contribution in [2.45, 2.75) is 25.8 Å². The molecule has 0 bridgehead atoms. The zero-order valence-corrected chi connectivity index (χ0v) is 13.4. The second-order valence-electron chi connectivity index (χ2n) is 6.02. The Balaban J connectivity index is 1.56. The smallest absolute Gasteiger partial charge is 0.147 e. The van der Waals surface area contributed by atoms with Gasteiger partial charge in [0.25, 0.3) is 0 Å². The Labute approximate surface area is 132 Å². The van der Waals surface area contributed by atoms with Crippen molar-refractivity contribution >= 4 is 17.4 Å². The van der Waals surface area contributed by atoms with Gasteiger partial charge in [0.15, 0.2) is 0 Å². The van der Waals surface area contributed by atoms with E-state index in [9.17, 15) is 0 Å². The minimum Gasteiger partial charge on any atom is -0.379 e. The molecular weight excluding hydrogens is 286 g/mol.